The summed E-state index contributed by atoms with van der Waals surface area (Å²) in [6.07, 6.45) is 2.73. The summed E-state index contributed by atoms with van der Waals surface area (Å²) in [6, 6.07) is 2.81. The van der Waals surface area contributed by atoms with Crippen LogP contribution in [0.15, 0.2) is 35.5 Å². The summed E-state index contributed by atoms with van der Waals surface area (Å²) in [5.41, 5.74) is -1.38. The molecule has 4 nitrogen and oxygen atoms in total. The molecule has 11 heteroatoms. The monoisotopic (exact) mass is 476 g/mol. The summed E-state index contributed by atoms with van der Waals surface area (Å²) in [6.45, 7) is 4.96. The third-order valence-corrected chi connectivity index (χ3v) is 4.70. The number of anilines is 1. The van der Waals surface area contributed by atoms with E-state index in [-0.39, 0.29) is 38.7 Å². The normalized spacial score (nSPS) is 15.0. The van der Waals surface area contributed by atoms with E-state index in [2.05, 4.69) is 11.7 Å². The number of benzene rings is 2. The Labute approximate surface area is 182 Å². The number of hydrazone groups is 1. The van der Waals surface area contributed by atoms with Crippen LogP contribution in [0.5, 0.6) is 5.75 Å². The minimum Gasteiger partial charge on any atom is -0.486 e. The van der Waals surface area contributed by atoms with Crippen LogP contribution in [0.2, 0.25) is 10.0 Å². The molecule has 3 rings (SSSR count). The molecule has 162 valence electrons. The van der Waals surface area contributed by atoms with E-state index in [1.54, 1.807) is 0 Å². The maximum absolute atomic E-state index is 14.1. The van der Waals surface area contributed by atoms with Crippen molar-refractivity contribution >= 4 is 46.6 Å². The van der Waals surface area contributed by atoms with Gasteiger partial charge in [0.05, 0.1) is 21.3 Å². The van der Waals surface area contributed by atoms with E-state index in [0.29, 0.717) is 5.56 Å². The van der Waals surface area contributed by atoms with E-state index in [4.69, 9.17) is 27.9 Å². The van der Waals surface area contributed by atoms with E-state index in [0.717, 1.165) is 0 Å². The predicted octanol–water partition coefficient (Wildman–Crippen LogP) is 6.06. The lowest BCUT2D eigenvalue weighted by Crippen LogP contribution is -2.25. The van der Waals surface area contributed by atoms with E-state index in [1.807, 2.05) is 0 Å². The zero-order valence-electron chi connectivity index (χ0n) is 15.6. The summed E-state index contributed by atoms with van der Waals surface area (Å²) in [7, 11) is 0. The van der Waals surface area contributed by atoms with Gasteiger partial charge in [0.25, 0.3) is 5.91 Å². The maximum Gasteiger partial charge on any atom is 0.280 e. The van der Waals surface area contributed by atoms with Gasteiger partial charge in [-0.15, -0.1) is 0 Å². The van der Waals surface area contributed by atoms with Crippen LogP contribution < -0.4 is 9.75 Å². The lowest BCUT2D eigenvalue weighted by molar-refractivity contribution is -0.114. The molecule has 31 heavy (non-hydrogen) atoms. The molecule has 0 spiro atoms. The first kappa shape index (κ1) is 22.8. The second-order valence-corrected chi connectivity index (χ2v) is 7.01. The first-order valence-corrected chi connectivity index (χ1v) is 9.20. The summed E-state index contributed by atoms with van der Waals surface area (Å²) in [5, 5.41) is 3.98. The van der Waals surface area contributed by atoms with Crippen molar-refractivity contribution in [1.82, 2.24) is 0 Å². The Morgan fingerprint density at radius 1 is 1.03 bits per heavy atom. The molecule has 0 aromatic heterocycles. The first-order valence-electron chi connectivity index (χ1n) is 8.44. The second-order valence-electron chi connectivity index (χ2n) is 6.19. The topological polar surface area (TPSA) is 41.9 Å². The Morgan fingerprint density at radius 2 is 1.55 bits per heavy atom. The molecule has 0 unspecified atom stereocenters. The molecule has 1 heterocycles. The Kier molecular flexibility index (Phi) is 6.38. The summed E-state index contributed by atoms with van der Waals surface area (Å²) >= 11 is 12.3. The fourth-order valence-corrected chi connectivity index (χ4v) is 3.34. The standard InChI is InChI=1S/C20H11Cl2F5N2O2/c1-3-4-31-19-11(21)6-9(7-12(19)22)5-10-8(2)28-29(20(10)30)18-16(26)14(24)13(23)15(25)17(18)27/h3,5-7H,1,4H2,2H3/b10-5+. The second kappa shape index (κ2) is 8.68. The highest BCUT2D eigenvalue weighted by molar-refractivity contribution is 6.37. The zero-order chi connectivity index (χ0) is 23.0. The summed E-state index contributed by atoms with van der Waals surface area (Å²) in [5.74, 6) is -12.0. The highest BCUT2D eigenvalue weighted by Crippen LogP contribution is 2.37. The maximum atomic E-state index is 14.1. The van der Waals surface area contributed by atoms with E-state index in [1.165, 1.54) is 31.2 Å². The molecule has 2 aromatic rings. The number of carbonyl (C=O) groups excluding carboxylic acids is 1. The van der Waals surface area contributed by atoms with Crippen molar-refractivity contribution in [3.05, 3.63) is 75.1 Å². The van der Waals surface area contributed by atoms with E-state index in [9.17, 15) is 26.7 Å². The Bertz CT molecular complexity index is 1130. The van der Waals surface area contributed by atoms with Crippen molar-refractivity contribution in [3.8, 4) is 5.75 Å². The van der Waals surface area contributed by atoms with Crippen LogP contribution in [0, 0.1) is 29.1 Å². The lowest BCUT2D eigenvalue weighted by atomic mass is 10.1. The summed E-state index contributed by atoms with van der Waals surface area (Å²) in [4.78, 5) is 12.7. The van der Waals surface area contributed by atoms with Gasteiger partial charge < -0.3 is 4.74 Å². The summed E-state index contributed by atoms with van der Waals surface area (Å²) < 4.78 is 73.9. The van der Waals surface area contributed by atoms with Gasteiger partial charge in [0, 0.05) is 0 Å². The fraction of sp³-hybridized carbons (Fsp3) is 0.100. The van der Waals surface area contributed by atoms with Gasteiger partial charge in [-0.05, 0) is 30.7 Å². The highest BCUT2D eigenvalue weighted by atomic mass is 35.5. The van der Waals surface area contributed by atoms with Crippen LogP contribution in [0.3, 0.4) is 0 Å². The molecule has 0 fully saturated rings. The third-order valence-electron chi connectivity index (χ3n) is 4.14. The van der Waals surface area contributed by atoms with Crippen LogP contribution in [0.1, 0.15) is 12.5 Å². The molecule has 0 atom stereocenters. The molecule has 0 N–H and O–H groups in total. The van der Waals surface area contributed by atoms with Gasteiger partial charge in [0.2, 0.25) is 5.82 Å². The van der Waals surface area contributed by atoms with Crippen molar-refractivity contribution in [2.75, 3.05) is 11.6 Å². The quantitative estimate of drug-likeness (QED) is 0.173. The molecule has 0 saturated heterocycles. The molecule has 1 amide bonds. The molecular formula is C20H11Cl2F5N2O2. The fourth-order valence-electron chi connectivity index (χ4n) is 2.72. The number of rotatable bonds is 5. The van der Waals surface area contributed by atoms with Crippen LogP contribution in [0.4, 0.5) is 27.6 Å². The highest BCUT2D eigenvalue weighted by Gasteiger charge is 2.37. The number of ether oxygens (including phenoxy) is 1. The van der Waals surface area contributed by atoms with Gasteiger partial charge in [-0.25, -0.2) is 22.0 Å². The smallest absolute Gasteiger partial charge is 0.280 e. The molecule has 0 radical (unpaired) electrons. The average Bonchev–Trinajstić information content (AvgIpc) is 2.98. The zero-order valence-corrected chi connectivity index (χ0v) is 17.1. The van der Waals surface area contributed by atoms with Gasteiger partial charge in [0.1, 0.15) is 12.3 Å². The Balaban J connectivity index is 2.03. The third kappa shape index (κ3) is 4.03. The number of carbonyl (C=O) groups is 1. The van der Waals surface area contributed by atoms with Crippen LogP contribution in [0.25, 0.3) is 6.08 Å². The number of halogens is 7. The number of amides is 1. The average molecular weight is 477 g/mol. The van der Waals surface area contributed by atoms with Gasteiger partial charge >= 0.3 is 0 Å². The van der Waals surface area contributed by atoms with Gasteiger partial charge in [0.15, 0.2) is 29.0 Å². The van der Waals surface area contributed by atoms with Crippen LogP contribution in [-0.4, -0.2) is 18.2 Å². The number of nitrogens with zero attached hydrogens (tertiary/aromatic N) is 2. The van der Waals surface area contributed by atoms with Crippen molar-refractivity contribution in [2.45, 2.75) is 6.92 Å². The molecule has 0 aliphatic carbocycles. The molecule has 0 saturated carbocycles. The van der Waals surface area contributed by atoms with Gasteiger partial charge in [-0.3, -0.25) is 4.79 Å². The Morgan fingerprint density at radius 3 is 2.06 bits per heavy atom. The van der Waals surface area contributed by atoms with E-state index >= 15 is 0 Å². The molecular weight excluding hydrogens is 466 g/mol. The minimum atomic E-state index is -2.34. The first-order chi connectivity index (χ1) is 14.6. The van der Waals surface area contributed by atoms with Crippen molar-refractivity contribution in [3.63, 3.8) is 0 Å². The van der Waals surface area contributed by atoms with Crippen molar-refractivity contribution in [2.24, 2.45) is 5.10 Å². The van der Waals surface area contributed by atoms with Crippen LogP contribution in [-0.2, 0) is 4.79 Å². The van der Waals surface area contributed by atoms with E-state index < -0.39 is 40.7 Å². The van der Waals surface area contributed by atoms with Crippen molar-refractivity contribution < 1.29 is 31.5 Å². The largest absolute Gasteiger partial charge is 0.486 e. The lowest BCUT2D eigenvalue weighted by Gasteiger charge is -2.15. The molecule has 1 aliphatic rings. The minimum absolute atomic E-state index is 0.0341. The molecule has 0 bridgehead atoms. The molecule has 2 aromatic carbocycles. The number of hydrogen-bond donors (Lipinski definition) is 0. The predicted molar refractivity (Wildman–Crippen MR) is 107 cm³/mol. The van der Waals surface area contributed by atoms with Crippen molar-refractivity contribution in [1.29, 1.82) is 0 Å². The van der Waals surface area contributed by atoms with Gasteiger partial charge in [-0.1, -0.05) is 35.9 Å². The van der Waals surface area contributed by atoms with Gasteiger partial charge in [-0.2, -0.15) is 10.1 Å². The molecule has 1 aliphatic heterocycles. The Hall–Kier alpha value is -2.91. The number of hydrogen-bond acceptors (Lipinski definition) is 3. The van der Waals surface area contributed by atoms with Crippen LogP contribution >= 0.6 is 23.2 Å². The SMILES string of the molecule is C=CCOc1c(Cl)cc(/C=C2/C(=O)N(c3c(F)c(F)c(F)c(F)c3F)N=C2C)cc1Cl.